The molecular weight excluding hydrogens is 1510 g/mol. The van der Waals surface area contributed by atoms with Crippen molar-refractivity contribution in [2.75, 3.05) is 0 Å². The highest BCUT2D eigenvalue weighted by molar-refractivity contribution is 5.11. The van der Waals surface area contributed by atoms with E-state index in [4.69, 9.17) is 0 Å². The van der Waals surface area contributed by atoms with Gasteiger partial charge in [-0.25, -0.2) is 0 Å². The van der Waals surface area contributed by atoms with Crippen molar-refractivity contribution >= 4 is 0 Å². The maximum absolute atomic E-state index is 2.44. The largest absolute Gasteiger partial charge is 0.0654 e. The van der Waals surface area contributed by atoms with Crippen LogP contribution in [0.15, 0.2) is 0 Å². The van der Waals surface area contributed by atoms with Gasteiger partial charge in [0, 0.05) is 0 Å². The summed E-state index contributed by atoms with van der Waals surface area (Å²) in [6.45, 7) is 21.7. The molecule has 0 radical (unpaired) electrons. The molecule has 0 bridgehead atoms. The summed E-state index contributed by atoms with van der Waals surface area (Å²) >= 11 is 0. The average molecular weight is 1770 g/mol. The fraction of sp³-hybridized carbons (Fsp3) is 1.00. The summed E-state index contributed by atoms with van der Waals surface area (Å²) < 4.78 is 0. The molecule has 0 aliphatic heterocycles. The molecule has 0 fully saturated rings. The zero-order valence-corrected chi connectivity index (χ0v) is 91.0. The van der Waals surface area contributed by atoms with Crippen LogP contribution >= 0.6 is 0 Å². The van der Waals surface area contributed by atoms with Crippen LogP contribution in [0.1, 0.15) is 788 Å². The highest BCUT2D eigenvalue weighted by Crippen LogP contribution is 2.71. The van der Waals surface area contributed by atoms with Crippen molar-refractivity contribution in [3.8, 4) is 0 Å². The molecule has 0 saturated carbocycles. The minimum Gasteiger partial charge on any atom is -0.0654 e. The maximum Gasteiger partial charge on any atom is -0.0182 e. The zero-order chi connectivity index (χ0) is 91.0. The number of hydrogen-bond donors (Lipinski definition) is 0. The van der Waals surface area contributed by atoms with E-state index in [0.29, 0.717) is 16.2 Å². The van der Waals surface area contributed by atoms with Crippen molar-refractivity contribution in [1.82, 2.24) is 0 Å². The summed E-state index contributed by atoms with van der Waals surface area (Å²) in [5.74, 6) is 0.891. The third-order valence-corrected chi connectivity index (χ3v) is 33.0. The standard InChI is InChI=1S/C126H254/c1-10-19-28-37-46-55-62-67-69-72-77-83-91-100-109-118-124(116-107-98-89-81-75-70-64-57-48-39-30-21-12-3,117-108-99-90-82-76-71-68-63-56-47-38-29-20-11-2)126(121-112-103-94-85-74-60-51-42-33-24-15-6,122-113-104-95-86-78-66-59-50-41-32-23-14-5)125(119-110-101-92-80-53-44-35-26-17-8,120-111-102-93-84-61-52-43-34-25-16-7)123(114-105-96-87-54-45-36-27-18-9)115-106-97-88-79-73-65-58-49-40-31-22-13-4/h123H,10-122H2,1-9H3. The van der Waals surface area contributed by atoms with Crippen LogP contribution in [-0.2, 0) is 0 Å². The molecule has 0 saturated heterocycles. The Kier molecular flexibility index (Phi) is 107. The Hall–Kier alpha value is 0. The van der Waals surface area contributed by atoms with Crippen molar-refractivity contribution in [2.24, 2.45) is 22.2 Å². The van der Waals surface area contributed by atoms with E-state index < -0.39 is 0 Å². The molecule has 0 aromatic heterocycles. The van der Waals surface area contributed by atoms with Gasteiger partial charge < -0.3 is 0 Å². The fourth-order valence-electron chi connectivity index (χ4n) is 24.6. The van der Waals surface area contributed by atoms with Gasteiger partial charge in [-0.15, -0.1) is 0 Å². The van der Waals surface area contributed by atoms with Crippen LogP contribution in [0.25, 0.3) is 0 Å². The molecule has 0 aromatic rings. The van der Waals surface area contributed by atoms with Crippen molar-refractivity contribution in [3.05, 3.63) is 0 Å². The van der Waals surface area contributed by atoms with Crippen molar-refractivity contribution in [1.29, 1.82) is 0 Å². The van der Waals surface area contributed by atoms with E-state index in [1.807, 2.05) is 0 Å². The van der Waals surface area contributed by atoms with Crippen LogP contribution in [0.2, 0.25) is 0 Å². The normalized spacial score (nSPS) is 13.7. The lowest BCUT2D eigenvalue weighted by molar-refractivity contribution is -0.166. The molecule has 0 heteroatoms. The molecule has 4 unspecified atom stereocenters. The van der Waals surface area contributed by atoms with Gasteiger partial charge >= 0.3 is 0 Å². The van der Waals surface area contributed by atoms with E-state index in [1.54, 1.807) is 103 Å². The second-order valence-electron chi connectivity index (χ2n) is 44.6. The van der Waals surface area contributed by atoms with Gasteiger partial charge in [0.1, 0.15) is 0 Å². The second-order valence-corrected chi connectivity index (χ2v) is 44.6. The summed E-state index contributed by atoms with van der Waals surface area (Å²) in [6, 6.07) is 0. The molecular formula is C126H254. The highest BCUT2D eigenvalue weighted by atomic mass is 14.7. The monoisotopic (exact) mass is 1770 g/mol. The molecule has 0 rings (SSSR count). The Bertz CT molecular complexity index is 1880. The summed E-state index contributed by atoms with van der Waals surface area (Å²) in [5, 5.41) is 0. The molecule has 0 amide bonds. The molecule has 126 heavy (non-hydrogen) atoms. The average Bonchev–Trinajstić information content (AvgIpc) is 0.710. The predicted octanol–water partition coefficient (Wildman–Crippen LogP) is 48.8. The molecule has 0 aliphatic rings. The smallest absolute Gasteiger partial charge is 0.0182 e. The molecule has 0 aromatic carbocycles. The molecule has 0 heterocycles. The van der Waals surface area contributed by atoms with Gasteiger partial charge in [0.15, 0.2) is 0 Å². The van der Waals surface area contributed by atoms with Gasteiger partial charge in [0.05, 0.1) is 0 Å². The topological polar surface area (TPSA) is 0 Å². The SMILES string of the molecule is CCCCCCCCCCCCCCCCCC(CCCCCCCCCCCCCCC)(CCCCCCCCCCCCCCCC)C(CCCCCCCCCCCCC)(CCCCCCCCCCCCCC)C(CCCCCCCCCCC)(CCCCCCCCCCCC)C(CCCCCCCCCC)CCCCCCCCCCCCCC. The van der Waals surface area contributed by atoms with E-state index in [0.717, 1.165) is 5.92 Å². The van der Waals surface area contributed by atoms with Crippen LogP contribution in [0.4, 0.5) is 0 Å². The summed E-state index contributed by atoms with van der Waals surface area (Å²) in [7, 11) is 0. The molecule has 0 N–H and O–H groups in total. The summed E-state index contributed by atoms with van der Waals surface area (Å²) in [6.07, 6.45) is 169. The van der Waals surface area contributed by atoms with Gasteiger partial charge in [-0.3, -0.25) is 0 Å². The van der Waals surface area contributed by atoms with Gasteiger partial charge in [-0.1, -0.05) is 730 Å². The lowest BCUT2D eigenvalue weighted by Crippen LogP contribution is -2.57. The Morgan fingerprint density at radius 3 is 0.341 bits per heavy atom. The summed E-state index contributed by atoms with van der Waals surface area (Å²) in [5.41, 5.74) is 1.26. The van der Waals surface area contributed by atoms with Gasteiger partial charge in [-0.2, -0.15) is 0 Å². The van der Waals surface area contributed by atoms with E-state index >= 15 is 0 Å². The molecule has 0 aliphatic carbocycles. The molecule has 0 spiro atoms. The molecule has 758 valence electrons. The number of hydrogen-bond acceptors (Lipinski definition) is 0. The van der Waals surface area contributed by atoms with Crippen LogP contribution < -0.4 is 0 Å². The maximum atomic E-state index is 2.44. The van der Waals surface area contributed by atoms with E-state index in [1.165, 1.54) is 623 Å². The van der Waals surface area contributed by atoms with Crippen LogP contribution in [0, 0.1) is 22.2 Å². The van der Waals surface area contributed by atoms with Crippen LogP contribution in [-0.4, -0.2) is 0 Å². The second kappa shape index (κ2) is 107. The highest BCUT2D eigenvalue weighted by Gasteiger charge is 2.61. The minimum atomic E-state index is 0.406. The first-order valence-electron chi connectivity index (χ1n) is 62.4. The van der Waals surface area contributed by atoms with E-state index in [2.05, 4.69) is 62.3 Å². The summed E-state index contributed by atoms with van der Waals surface area (Å²) in [4.78, 5) is 0. The Morgan fingerprint density at radius 1 is 0.103 bits per heavy atom. The lowest BCUT2D eigenvalue weighted by Gasteiger charge is -2.66. The van der Waals surface area contributed by atoms with Gasteiger partial charge in [0.25, 0.3) is 0 Å². The Morgan fingerprint density at radius 2 is 0.206 bits per heavy atom. The van der Waals surface area contributed by atoms with E-state index in [9.17, 15) is 0 Å². The van der Waals surface area contributed by atoms with Crippen molar-refractivity contribution < 1.29 is 0 Å². The van der Waals surface area contributed by atoms with Crippen LogP contribution in [0.5, 0.6) is 0 Å². The Balaban J connectivity index is 9.38. The van der Waals surface area contributed by atoms with Crippen molar-refractivity contribution in [2.45, 2.75) is 788 Å². The van der Waals surface area contributed by atoms with Crippen LogP contribution in [0.3, 0.4) is 0 Å². The van der Waals surface area contributed by atoms with Crippen molar-refractivity contribution in [3.63, 3.8) is 0 Å². The molecule has 0 nitrogen and oxygen atoms in total. The first kappa shape index (κ1) is 126. The fourth-order valence-corrected chi connectivity index (χ4v) is 24.6. The molecule has 4 atom stereocenters. The number of rotatable bonds is 116. The third-order valence-electron chi connectivity index (χ3n) is 33.0. The van der Waals surface area contributed by atoms with Gasteiger partial charge in [-0.05, 0) is 80.0 Å². The first-order chi connectivity index (χ1) is 62.4. The third kappa shape index (κ3) is 80.1. The predicted molar refractivity (Wildman–Crippen MR) is 584 cm³/mol. The lowest BCUT2D eigenvalue weighted by atomic mass is 9.39. The quantitative estimate of drug-likeness (QED) is 0.0533. The Labute approximate surface area is 804 Å². The number of unbranched alkanes of at least 4 members (excludes halogenated alkanes) is 95. The zero-order valence-electron chi connectivity index (χ0n) is 91.0. The first-order valence-corrected chi connectivity index (χ1v) is 62.4. The van der Waals surface area contributed by atoms with Gasteiger partial charge in [0.2, 0.25) is 0 Å². The van der Waals surface area contributed by atoms with E-state index in [-0.39, 0.29) is 0 Å². The minimum absolute atomic E-state index is 0.406.